The van der Waals surface area contributed by atoms with Crippen molar-refractivity contribution in [1.29, 1.82) is 0 Å². The molecule has 1 aliphatic heterocycles. The molecular weight excluding hydrogens is 288 g/mol. The third-order valence-corrected chi connectivity index (χ3v) is 3.97. The van der Waals surface area contributed by atoms with Crippen LogP contribution in [0.4, 0.5) is 0 Å². The van der Waals surface area contributed by atoms with Gasteiger partial charge in [-0.1, -0.05) is 40.7 Å². The number of ether oxygens (including phenoxy) is 1. The molecule has 0 N–H and O–H groups in total. The number of fused-ring (bicyclic) bond motifs is 3. The predicted molar refractivity (Wildman–Crippen MR) is 79.6 cm³/mol. The molecule has 2 heteroatoms. The number of halogens is 1. The maximum atomic E-state index is 5.80. The van der Waals surface area contributed by atoms with Gasteiger partial charge >= 0.3 is 0 Å². The SMILES string of the molecule is C=C1CC(C)OCc2ccc3cc(Br)ccc3c21. The molecule has 0 bridgehead atoms. The van der Waals surface area contributed by atoms with Gasteiger partial charge in [-0.3, -0.25) is 0 Å². The Morgan fingerprint density at radius 1 is 1.28 bits per heavy atom. The Morgan fingerprint density at radius 3 is 2.94 bits per heavy atom. The average molecular weight is 303 g/mol. The van der Waals surface area contributed by atoms with Crippen LogP contribution in [0.25, 0.3) is 16.3 Å². The van der Waals surface area contributed by atoms with Crippen LogP contribution in [-0.2, 0) is 11.3 Å². The third-order valence-electron chi connectivity index (χ3n) is 3.48. The van der Waals surface area contributed by atoms with Gasteiger partial charge in [0.1, 0.15) is 0 Å². The summed E-state index contributed by atoms with van der Waals surface area (Å²) in [7, 11) is 0. The third kappa shape index (κ3) is 2.00. The van der Waals surface area contributed by atoms with Gasteiger partial charge in [0, 0.05) is 4.47 Å². The largest absolute Gasteiger partial charge is 0.373 e. The van der Waals surface area contributed by atoms with E-state index in [0.29, 0.717) is 6.61 Å². The molecule has 1 aliphatic rings. The van der Waals surface area contributed by atoms with Crippen molar-refractivity contribution in [2.75, 3.05) is 0 Å². The Hall–Kier alpha value is -1.12. The summed E-state index contributed by atoms with van der Waals surface area (Å²) in [4.78, 5) is 0. The summed E-state index contributed by atoms with van der Waals surface area (Å²) in [5.41, 5.74) is 3.71. The first-order valence-corrected chi connectivity index (χ1v) is 6.95. The van der Waals surface area contributed by atoms with Gasteiger partial charge in [-0.25, -0.2) is 0 Å². The first-order valence-electron chi connectivity index (χ1n) is 6.16. The smallest absolute Gasteiger partial charge is 0.0726 e. The van der Waals surface area contributed by atoms with Crippen molar-refractivity contribution >= 4 is 32.3 Å². The van der Waals surface area contributed by atoms with Crippen molar-refractivity contribution < 1.29 is 4.74 Å². The van der Waals surface area contributed by atoms with Gasteiger partial charge in [-0.15, -0.1) is 0 Å². The molecule has 2 aromatic rings. The van der Waals surface area contributed by atoms with Gasteiger partial charge in [-0.05, 0) is 52.9 Å². The van der Waals surface area contributed by atoms with E-state index in [-0.39, 0.29) is 6.10 Å². The molecule has 3 rings (SSSR count). The normalized spacial score (nSPS) is 19.7. The molecule has 2 aromatic carbocycles. The zero-order valence-corrected chi connectivity index (χ0v) is 12.0. The van der Waals surface area contributed by atoms with E-state index in [0.717, 1.165) is 10.9 Å². The van der Waals surface area contributed by atoms with Crippen molar-refractivity contribution in [3.63, 3.8) is 0 Å². The van der Waals surface area contributed by atoms with Crippen LogP contribution in [0.2, 0.25) is 0 Å². The fourth-order valence-corrected chi connectivity index (χ4v) is 3.00. The number of hydrogen-bond acceptors (Lipinski definition) is 1. The van der Waals surface area contributed by atoms with Gasteiger partial charge in [0.2, 0.25) is 0 Å². The minimum absolute atomic E-state index is 0.246. The highest BCUT2D eigenvalue weighted by molar-refractivity contribution is 9.10. The first-order chi connectivity index (χ1) is 8.65. The maximum absolute atomic E-state index is 5.80. The molecule has 0 saturated carbocycles. The maximum Gasteiger partial charge on any atom is 0.0726 e. The van der Waals surface area contributed by atoms with Crippen LogP contribution in [0.3, 0.4) is 0 Å². The molecule has 18 heavy (non-hydrogen) atoms. The Balaban J connectivity index is 2.27. The topological polar surface area (TPSA) is 9.23 Å². The first kappa shape index (κ1) is 11.9. The van der Waals surface area contributed by atoms with E-state index in [9.17, 15) is 0 Å². The van der Waals surface area contributed by atoms with E-state index in [2.05, 4.69) is 59.8 Å². The van der Waals surface area contributed by atoms with E-state index in [1.807, 2.05) is 0 Å². The Kier molecular flexibility index (Phi) is 3.00. The van der Waals surface area contributed by atoms with Crippen molar-refractivity contribution in [3.05, 3.63) is 52.5 Å². The average Bonchev–Trinajstić information content (AvgIpc) is 2.48. The summed E-state index contributed by atoms with van der Waals surface area (Å²) in [6.45, 7) is 7.04. The van der Waals surface area contributed by atoms with Gasteiger partial charge in [0.15, 0.2) is 0 Å². The lowest BCUT2D eigenvalue weighted by atomic mass is 9.92. The molecule has 0 amide bonds. The molecule has 92 valence electrons. The molecule has 0 aromatic heterocycles. The molecular formula is C16H15BrO. The van der Waals surface area contributed by atoms with E-state index in [4.69, 9.17) is 4.74 Å². The Morgan fingerprint density at radius 2 is 2.11 bits per heavy atom. The van der Waals surface area contributed by atoms with Crippen LogP contribution < -0.4 is 0 Å². The van der Waals surface area contributed by atoms with Crippen LogP contribution in [0.15, 0.2) is 41.4 Å². The van der Waals surface area contributed by atoms with Gasteiger partial charge in [0.25, 0.3) is 0 Å². The standard InChI is InChI=1S/C16H15BrO/c1-10-7-11(2)18-9-13-4-3-12-8-14(17)5-6-15(12)16(10)13/h3-6,8,11H,1,7,9H2,2H3. The highest BCUT2D eigenvalue weighted by atomic mass is 79.9. The highest BCUT2D eigenvalue weighted by Crippen LogP contribution is 2.34. The molecule has 0 spiro atoms. The van der Waals surface area contributed by atoms with E-state index in [1.165, 1.54) is 27.5 Å². The lowest BCUT2D eigenvalue weighted by molar-refractivity contribution is 0.0598. The summed E-state index contributed by atoms with van der Waals surface area (Å²) in [5.74, 6) is 0. The van der Waals surface area contributed by atoms with Crippen LogP contribution in [0.5, 0.6) is 0 Å². The molecule has 1 nitrogen and oxygen atoms in total. The van der Waals surface area contributed by atoms with Crippen molar-refractivity contribution in [2.45, 2.75) is 26.1 Å². The molecule has 0 aliphatic carbocycles. The zero-order chi connectivity index (χ0) is 12.7. The second-order valence-electron chi connectivity index (χ2n) is 4.89. The minimum Gasteiger partial charge on any atom is -0.373 e. The minimum atomic E-state index is 0.246. The fourth-order valence-electron chi connectivity index (χ4n) is 2.62. The zero-order valence-electron chi connectivity index (χ0n) is 10.4. The van der Waals surface area contributed by atoms with Gasteiger partial charge in [0.05, 0.1) is 12.7 Å². The monoisotopic (exact) mass is 302 g/mol. The lowest BCUT2D eigenvalue weighted by Gasteiger charge is -2.11. The molecule has 0 fully saturated rings. The van der Waals surface area contributed by atoms with E-state index in [1.54, 1.807) is 0 Å². The number of hydrogen-bond donors (Lipinski definition) is 0. The summed E-state index contributed by atoms with van der Waals surface area (Å²) in [5, 5.41) is 2.53. The van der Waals surface area contributed by atoms with Crippen LogP contribution in [-0.4, -0.2) is 6.10 Å². The number of benzene rings is 2. The molecule has 0 saturated heterocycles. The van der Waals surface area contributed by atoms with Crippen LogP contribution >= 0.6 is 15.9 Å². The Labute approximate surface area is 116 Å². The van der Waals surface area contributed by atoms with Crippen LogP contribution in [0.1, 0.15) is 24.5 Å². The van der Waals surface area contributed by atoms with Crippen molar-refractivity contribution in [3.8, 4) is 0 Å². The quantitative estimate of drug-likeness (QED) is 0.671. The van der Waals surface area contributed by atoms with Gasteiger partial charge < -0.3 is 4.74 Å². The van der Waals surface area contributed by atoms with Crippen molar-refractivity contribution in [1.82, 2.24) is 0 Å². The predicted octanol–water partition coefficient (Wildman–Crippen LogP) is 4.92. The molecule has 0 radical (unpaired) electrons. The summed E-state index contributed by atoms with van der Waals surface area (Å²) in [6.07, 6.45) is 1.15. The number of rotatable bonds is 0. The highest BCUT2D eigenvalue weighted by Gasteiger charge is 2.18. The molecule has 1 heterocycles. The van der Waals surface area contributed by atoms with Crippen molar-refractivity contribution in [2.24, 2.45) is 0 Å². The fraction of sp³-hybridized carbons (Fsp3) is 0.250. The molecule has 1 unspecified atom stereocenters. The Bertz CT molecular complexity index is 630. The summed E-state index contributed by atoms with van der Waals surface area (Å²) in [6, 6.07) is 10.7. The lowest BCUT2D eigenvalue weighted by Crippen LogP contribution is -2.04. The molecule has 1 atom stereocenters. The van der Waals surface area contributed by atoms with E-state index < -0.39 is 0 Å². The van der Waals surface area contributed by atoms with E-state index >= 15 is 0 Å². The summed E-state index contributed by atoms with van der Waals surface area (Å²) >= 11 is 3.52. The van der Waals surface area contributed by atoms with Crippen LogP contribution in [0, 0.1) is 0 Å². The summed E-state index contributed by atoms with van der Waals surface area (Å²) < 4.78 is 6.91. The van der Waals surface area contributed by atoms with Gasteiger partial charge in [-0.2, -0.15) is 0 Å². The second-order valence-corrected chi connectivity index (χ2v) is 5.81. The second kappa shape index (κ2) is 4.52.